The molecule has 3 aromatic rings. The third-order valence-electron chi connectivity index (χ3n) is 7.50. The highest BCUT2D eigenvalue weighted by molar-refractivity contribution is 5.98. The number of carbonyl (C=O) groups is 2. The molecule has 2 amide bonds. The fraction of sp³-hybridized carbons (Fsp3) is 0.394. The van der Waals surface area contributed by atoms with E-state index in [1.165, 1.54) is 12.0 Å². The van der Waals surface area contributed by atoms with Crippen molar-refractivity contribution >= 4 is 17.5 Å². The number of hydrogen-bond donors (Lipinski definition) is 2. The van der Waals surface area contributed by atoms with Crippen molar-refractivity contribution in [3.63, 3.8) is 0 Å². The molecule has 0 aromatic heterocycles. The Morgan fingerprint density at radius 1 is 0.975 bits per heavy atom. The summed E-state index contributed by atoms with van der Waals surface area (Å²) in [7, 11) is 0. The molecule has 5 rings (SSSR count). The van der Waals surface area contributed by atoms with Gasteiger partial charge in [0, 0.05) is 37.3 Å². The van der Waals surface area contributed by atoms with E-state index in [1.807, 2.05) is 65.6 Å². The normalized spacial score (nSPS) is 17.4. The number of para-hydroxylation sites is 1. The zero-order valence-electron chi connectivity index (χ0n) is 23.3. The van der Waals surface area contributed by atoms with Crippen LogP contribution >= 0.6 is 0 Å². The summed E-state index contributed by atoms with van der Waals surface area (Å²) >= 11 is 0. The first-order chi connectivity index (χ1) is 19.6. The van der Waals surface area contributed by atoms with Gasteiger partial charge in [-0.1, -0.05) is 49.6 Å². The average molecular weight is 542 g/mol. The number of amides is 2. The van der Waals surface area contributed by atoms with E-state index in [4.69, 9.17) is 9.47 Å². The molecule has 7 nitrogen and oxygen atoms in total. The van der Waals surface area contributed by atoms with Crippen LogP contribution in [0, 0.1) is 0 Å². The molecule has 1 atom stereocenters. The SMILES string of the molecule is CC1Cc2cc(CNC(=O)c3ccc4c(c3)CNCCCCCCCN4C(=O)COc3ccccc3)ccc2O1. The smallest absolute Gasteiger partial charge is 0.264 e. The minimum Gasteiger partial charge on any atom is -0.490 e. The summed E-state index contributed by atoms with van der Waals surface area (Å²) in [5.74, 6) is 1.38. The van der Waals surface area contributed by atoms with E-state index in [-0.39, 0.29) is 24.5 Å². The van der Waals surface area contributed by atoms with E-state index in [1.54, 1.807) is 0 Å². The molecule has 1 unspecified atom stereocenters. The summed E-state index contributed by atoms with van der Waals surface area (Å²) in [6, 6.07) is 21.1. The van der Waals surface area contributed by atoms with Gasteiger partial charge in [0.25, 0.3) is 11.8 Å². The van der Waals surface area contributed by atoms with Crippen LogP contribution in [0.25, 0.3) is 0 Å². The Balaban J connectivity index is 1.31. The lowest BCUT2D eigenvalue weighted by Gasteiger charge is -2.26. The van der Waals surface area contributed by atoms with Gasteiger partial charge in [0.15, 0.2) is 6.61 Å². The van der Waals surface area contributed by atoms with Gasteiger partial charge in [-0.25, -0.2) is 0 Å². The molecule has 0 fully saturated rings. The maximum absolute atomic E-state index is 13.4. The second-order valence-corrected chi connectivity index (χ2v) is 10.7. The predicted molar refractivity (Wildman–Crippen MR) is 157 cm³/mol. The molecule has 0 aliphatic carbocycles. The van der Waals surface area contributed by atoms with Crippen LogP contribution in [-0.4, -0.2) is 37.6 Å². The fourth-order valence-electron chi connectivity index (χ4n) is 5.39. The fourth-order valence-corrected chi connectivity index (χ4v) is 5.39. The monoisotopic (exact) mass is 541 g/mol. The van der Waals surface area contributed by atoms with Gasteiger partial charge >= 0.3 is 0 Å². The predicted octanol–water partition coefficient (Wildman–Crippen LogP) is 5.41. The van der Waals surface area contributed by atoms with Crippen molar-refractivity contribution in [2.45, 2.75) is 64.6 Å². The molecule has 210 valence electrons. The molecular weight excluding hydrogens is 502 g/mol. The summed E-state index contributed by atoms with van der Waals surface area (Å²) in [6.07, 6.45) is 6.53. The zero-order valence-corrected chi connectivity index (χ0v) is 23.3. The Labute approximate surface area is 236 Å². The van der Waals surface area contributed by atoms with Crippen LogP contribution < -0.4 is 25.0 Å². The molecule has 0 radical (unpaired) electrons. The third-order valence-corrected chi connectivity index (χ3v) is 7.50. The minimum absolute atomic E-state index is 0.0380. The molecule has 2 N–H and O–H groups in total. The summed E-state index contributed by atoms with van der Waals surface area (Å²) in [6.45, 7) is 4.58. The van der Waals surface area contributed by atoms with Crippen LogP contribution in [0.5, 0.6) is 11.5 Å². The van der Waals surface area contributed by atoms with Crippen LogP contribution in [-0.2, 0) is 24.3 Å². The van der Waals surface area contributed by atoms with Crippen molar-refractivity contribution in [3.05, 3.63) is 89.0 Å². The Morgan fingerprint density at radius 2 is 1.80 bits per heavy atom. The lowest BCUT2D eigenvalue weighted by molar-refractivity contribution is -0.120. The molecule has 2 aliphatic heterocycles. The number of carbonyl (C=O) groups excluding carboxylic acids is 2. The maximum atomic E-state index is 13.4. The lowest BCUT2D eigenvalue weighted by Crippen LogP contribution is -2.37. The van der Waals surface area contributed by atoms with Gasteiger partial charge in [-0.05, 0) is 79.4 Å². The summed E-state index contributed by atoms with van der Waals surface area (Å²) in [5.41, 5.74) is 4.58. The quantitative estimate of drug-likeness (QED) is 0.437. The number of nitrogens with zero attached hydrogens (tertiary/aromatic N) is 1. The Bertz CT molecular complexity index is 1310. The number of anilines is 1. The first kappa shape index (κ1) is 27.7. The van der Waals surface area contributed by atoms with Gasteiger partial charge in [0.1, 0.15) is 17.6 Å². The number of hydrogen-bond acceptors (Lipinski definition) is 5. The number of rotatable bonds is 6. The van der Waals surface area contributed by atoms with Crippen molar-refractivity contribution < 1.29 is 19.1 Å². The highest BCUT2D eigenvalue weighted by atomic mass is 16.5. The molecule has 0 saturated heterocycles. The number of benzene rings is 3. The zero-order chi connectivity index (χ0) is 27.7. The Morgan fingerprint density at radius 3 is 2.67 bits per heavy atom. The topological polar surface area (TPSA) is 79.9 Å². The number of fused-ring (bicyclic) bond motifs is 2. The molecule has 2 aliphatic rings. The highest BCUT2D eigenvalue weighted by Crippen LogP contribution is 2.29. The van der Waals surface area contributed by atoms with Gasteiger partial charge in [-0.3, -0.25) is 9.59 Å². The Hall–Kier alpha value is -3.84. The minimum atomic E-state index is -0.135. The van der Waals surface area contributed by atoms with Crippen molar-refractivity contribution in [3.8, 4) is 11.5 Å². The molecule has 2 heterocycles. The highest BCUT2D eigenvalue weighted by Gasteiger charge is 2.22. The van der Waals surface area contributed by atoms with Crippen molar-refractivity contribution in [2.24, 2.45) is 0 Å². The molecule has 0 bridgehead atoms. The molecular formula is C33H39N3O4. The van der Waals surface area contributed by atoms with E-state index in [0.29, 0.717) is 30.9 Å². The van der Waals surface area contributed by atoms with Crippen molar-refractivity contribution in [1.29, 1.82) is 0 Å². The van der Waals surface area contributed by atoms with E-state index in [9.17, 15) is 9.59 Å². The second kappa shape index (κ2) is 13.5. The summed E-state index contributed by atoms with van der Waals surface area (Å²) in [5, 5.41) is 6.58. The van der Waals surface area contributed by atoms with Gasteiger partial charge in [0.05, 0.1) is 0 Å². The van der Waals surface area contributed by atoms with Gasteiger partial charge in [-0.2, -0.15) is 0 Å². The summed E-state index contributed by atoms with van der Waals surface area (Å²) in [4.78, 5) is 28.4. The Kier molecular flexibility index (Phi) is 9.34. The lowest BCUT2D eigenvalue weighted by atomic mass is 10.0. The molecule has 0 saturated carbocycles. The van der Waals surface area contributed by atoms with Crippen LogP contribution in [0.1, 0.15) is 66.1 Å². The van der Waals surface area contributed by atoms with E-state index in [0.717, 1.165) is 61.2 Å². The van der Waals surface area contributed by atoms with E-state index in [2.05, 4.69) is 23.6 Å². The maximum Gasteiger partial charge on any atom is 0.264 e. The first-order valence-electron chi connectivity index (χ1n) is 14.5. The third kappa shape index (κ3) is 7.21. The molecule has 0 spiro atoms. The first-order valence-corrected chi connectivity index (χ1v) is 14.5. The molecule has 40 heavy (non-hydrogen) atoms. The van der Waals surface area contributed by atoms with Gasteiger partial charge in [0.2, 0.25) is 0 Å². The molecule has 3 aromatic carbocycles. The second-order valence-electron chi connectivity index (χ2n) is 10.7. The standard InChI is InChI=1S/C33H39N3O4/c1-24-18-27-19-25(12-15-31(27)40-24)21-35-33(38)26-13-14-30-28(20-26)22-34-16-8-3-2-4-9-17-36(30)32(37)23-39-29-10-6-5-7-11-29/h5-7,10-15,19-20,24,34H,2-4,8-9,16-18,21-23H2,1H3,(H,35,38). The van der Waals surface area contributed by atoms with Crippen LogP contribution in [0.3, 0.4) is 0 Å². The van der Waals surface area contributed by atoms with Crippen molar-refractivity contribution in [2.75, 3.05) is 24.6 Å². The van der Waals surface area contributed by atoms with Gasteiger partial charge in [-0.15, -0.1) is 0 Å². The molecule has 7 heteroatoms. The van der Waals surface area contributed by atoms with E-state index < -0.39 is 0 Å². The largest absolute Gasteiger partial charge is 0.490 e. The van der Waals surface area contributed by atoms with Crippen LogP contribution in [0.2, 0.25) is 0 Å². The van der Waals surface area contributed by atoms with Crippen LogP contribution in [0.4, 0.5) is 5.69 Å². The number of ether oxygens (including phenoxy) is 2. The summed E-state index contributed by atoms with van der Waals surface area (Å²) < 4.78 is 11.6. The van der Waals surface area contributed by atoms with Crippen molar-refractivity contribution in [1.82, 2.24) is 10.6 Å². The van der Waals surface area contributed by atoms with Crippen LogP contribution in [0.15, 0.2) is 66.7 Å². The van der Waals surface area contributed by atoms with E-state index >= 15 is 0 Å². The number of nitrogens with one attached hydrogen (secondary N) is 2. The average Bonchev–Trinajstić information content (AvgIpc) is 3.34. The van der Waals surface area contributed by atoms with Gasteiger partial charge < -0.3 is 25.0 Å².